The van der Waals surface area contributed by atoms with Crippen LogP contribution >= 0.6 is 0 Å². The van der Waals surface area contributed by atoms with E-state index in [9.17, 15) is 14.0 Å². The van der Waals surface area contributed by atoms with Crippen LogP contribution in [-0.2, 0) is 16.1 Å². The van der Waals surface area contributed by atoms with Crippen LogP contribution in [0.3, 0.4) is 0 Å². The molecule has 2 aromatic carbocycles. The maximum absolute atomic E-state index is 14.6. The fourth-order valence-electron chi connectivity index (χ4n) is 4.17. The number of carbonyl (C=O) groups is 2. The number of carbonyl (C=O) groups excluding carboxylic acids is 1. The smallest absolute Gasteiger partial charge is 0.407 e. The standard InChI is InChI=1S/C30H35FN4O5/c1-30(2,3)40-29(38)33-13-4-5-15-39-18-21-16-22(9-11-23(21)19-6-7-19)34-28-32-14-12-26(35-28)24-10-8-20(27(36)37)17-25(24)31/h8-12,14,16-17,19H,4-7,13,15,18H2,1-3H3,(H,33,38)(H,36,37)(H,32,34,35). The summed E-state index contributed by atoms with van der Waals surface area (Å²) in [6.07, 6.45) is 5.01. The van der Waals surface area contributed by atoms with Gasteiger partial charge < -0.3 is 25.2 Å². The third-order valence-electron chi connectivity index (χ3n) is 6.21. The predicted octanol–water partition coefficient (Wildman–Crippen LogP) is 6.42. The van der Waals surface area contributed by atoms with Crippen LogP contribution in [0.25, 0.3) is 11.3 Å². The summed E-state index contributed by atoms with van der Waals surface area (Å²) >= 11 is 0. The van der Waals surface area contributed by atoms with Crippen molar-refractivity contribution >= 4 is 23.7 Å². The molecule has 0 atom stereocenters. The lowest BCUT2D eigenvalue weighted by Crippen LogP contribution is -2.33. The van der Waals surface area contributed by atoms with Gasteiger partial charge in [0.25, 0.3) is 0 Å². The Bertz CT molecular complexity index is 1350. The molecule has 1 aromatic heterocycles. The number of unbranched alkanes of at least 4 members (excludes halogenated alkanes) is 1. The molecule has 1 fully saturated rings. The van der Waals surface area contributed by atoms with Crippen LogP contribution in [0.5, 0.6) is 0 Å². The molecule has 0 radical (unpaired) electrons. The highest BCUT2D eigenvalue weighted by atomic mass is 19.1. The van der Waals surface area contributed by atoms with Gasteiger partial charge in [-0.1, -0.05) is 6.07 Å². The lowest BCUT2D eigenvalue weighted by atomic mass is 10.0. The molecule has 4 rings (SSSR count). The minimum absolute atomic E-state index is 0.128. The van der Waals surface area contributed by atoms with Crippen LogP contribution in [0.1, 0.15) is 73.9 Å². The highest BCUT2D eigenvalue weighted by molar-refractivity contribution is 5.88. The number of hydrogen-bond acceptors (Lipinski definition) is 7. The Morgan fingerprint density at radius 2 is 1.90 bits per heavy atom. The van der Waals surface area contributed by atoms with Gasteiger partial charge in [0.15, 0.2) is 0 Å². The Balaban J connectivity index is 1.33. The number of benzene rings is 2. The van der Waals surface area contributed by atoms with Crippen LogP contribution in [0, 0.1) is 5.82 Å². The van der Waals surface area contributed by atoms with Crippen LogP contribution in [0.15, 0.2) is 48.7 Å². The zero-order valence-electron chi connectivity index (χ0n) is 23.0. The van der Waals surface area contributed by atoms with Gasteiger partial charge in [-0.3, -0.25) is 0 Å². The average molecular weight is 551 g/mol. The zero-order chi connectivity index (χ0) is 28.7. The molecule has 40 heavy (non-hydrogen) atoms. The fourth-order valence-corrected chi connectivity index (χ4v) is 4.17. The lowest BCUT2D eigenvalue weighted by molar-refractivity contribution is 0.0523. The minimum Gasteiger partial charge on any atom is -0.478 e. The van der Waals surface area contributed by atoms with Crippen LogP contribution < -0.4 is 10.6 Å². The van der Waals surface area contributed by atoms with Crippen molar-refractivity contribution in [1.82, 2.24) is 15.3 Å². The molecule has 9 nitrogen and oxygen atoms in total. The number of halogens is 1. The van der Waals surface area contributed by atoms with Gasteiger partial charge in [0.05, 0.1) is 17.9 Å². The first-order chi connectivity index (χ1) is 19.1. The van der Waals surface area contributed by atoms with Gasteiger partial charge in [-0.05, 0) is 99.9 Å². The molecule has 3 aromatic rings. The summed E-state index contributed by atoms with van der Waals surface area (Å²) in [6.45, 7) is 7.04. The van der Waals surface area contributed by atoms with Crippen LogP contribution in [0.2, 0.25) is 0 Å². The van der Waals surface area contributed by atoms with E-state index in [0.717, 1.165) is 43.0 Å². The molecule has 1 aliphatic carbocycles. The molecule has 0 aliphatic heterocycles. The number of anilines is 2. The minimum atomic E-state index is -1.19. The Labute approximate surface area is 233 Å². The van der Waals surface area contributed by atoms with E-state index in [1.54, 1.807) is 6.07 Å². The summed E-state index contributed by atoms with van der Waals surface area (Å²) in [5.41, 5.74) is 3.03. The zero-order valence-corrected chi connectivity index (χ0v) is 23.0. The summed E-state index contributed by atoms with van der Waals surface area (Å²) in [4.78, 5) is 31.5. The SMILES string of the molecule is CC(C)(C)OC(=O)NCCCCOCc1cc(Nc2nccc(-c3ccc(C(=O)O)cc3F)n2)ccc1C1CC1. The molecule has 1 heterocycles. The molecule has 10 heteroatoms. The van der Waals surface area contributed by atoms with Crippen LogP contribution in [0.4, 0.5) is 20.8 Å². The number of alkyl carbamates (subject to hydrolysis) is 1. The molecular formula is C30H35FN4O5. The average Bonchev–Trinajstić information content (AvgIpc) is 3.73. The van der Waals surface area contributed by atoms with E-state index >= 15 is 0 Å². The third kappa shape index (κ3) is 8.47. The number of aromatic carboxylic acids is 1. The first kappa shape index (κ1) is 28.9. The Morgan fingerprint density at radius 1 is 1.10 bits per heavy atom. The number of nitrogens with one attached hydrogen (secondary N) is 2. The van der Waals surface area contributed by atoms with E-state index in [4.69, 9.17) is 14.6 Å². The van der Waals surface area contributed by atoms with E-state index in [1.165, 1.54) is 23.9 Å². The maximum Gasteiger partial charge on any atom is 0.407 e. The van der Waals surface area contributed by atoms with Gasteiger partial charge in [-0.15, -0.1) is 0 Å². The van der Waals surface area contributed by atoms with E-state index in [1.807, 2.05) is 32.9 Å². The molecule has 3 N–H and O–H groups in total. The topological polar surface area (TPSA) is 123 Å². The highest BCUT2D eigenvalue weighted by Crippen LogP contribution is 2.42. The van der Waals surface area contributed by atoms with E-state index < -0.39 is 23.5 Å². The number of nitrogens with zero attached hydrogens (tertiary/aromatic N) is 2. The number of carboxylic acids is 1. The van der Waals surface area contributed by atoms with Crippen LogP contribution in [-0.4, -0.2) is 45.9 Å². The summed E-state index contributed by atoms with van der Waals surface area (Å²) in [7, 11) is 0. The second-order valence-corrected chi connectivity index (χ2v) is 10.8. The van der Waals surface area contributed by atoms with Gasteiger partial charge in [0.1, 0.15) is 11.4 Å². The van der Waals surface area contributed by atoms with Gasteiger partial charge in [-0.25, -0.2) is 23.9 Å². The predicted molar refractivity (Wildman–Crippen MR) is 149 cm³/mol. The highest BCUT2D eigenvalue weighted by Gasteiger charge is 2.26. The second kappa shape index (κ2) is 12.9. The molecule has 0 unspecified atom stereocenters. The molecule has 1 saturated carbocycles. The maximum atomic E-state index is 14.6. The molecular weight excluding hydrogens is 515 g/mol. The first-order valence-corrected chi connectivity index (χ1v) is 13.4. The number of amides is 1. The van der Waals surface area contributed by atoms with Gasteiger partial charge in [-0.2, -0.15) is 0 Å². The second-order valence-electron chi connectivity index (χ2n) is 10.8. The molecule has 0 saturated heterocycles. The normalized spacial score (nSPS) is 13.1. The summed E-state index contributed by atoms with van der Waals surface area (Å²) < 4.78 is 25.8. The summed E-state index contributed by atoms with van der Waals surface area (Å²) in [6, 6.07) is 11.4. The van der Waals surface area contributed by atoms with Gasteiger partial charge >= 0.3 is 12.1 Å². The van der Waals surface area contributed by atoms with Gasteiger partial charge in [0, 0.05) is 30.6 Å². The first-order valence-electron chi connectivity index (χ1n) is 13.4. The van der Waals surface area contributed by atoms with E-state index in [-0.39, 0.29) is 11.1 Å². The Morgan fingerprint density at radius 3 is 2.60 bits per heavy atom. The van der Waals surface area contributed by atoms with Crippen molar-refractivity contribution in [2.75, 3.05) is 18.5 Å². The summed E-state index contributed by atoms with van der Waals surface area (Å²) in [5.74, 6) is -1.02. The molecule has 212 valence electrons. The molecule has 0 spiro atoms. The van der Waals surface area contributed by atoms with Crippen molar-refractivity contribution in [3.05, 3.63) is 71.2 Å². The van der Waals surface area contributed by atoms with Crippen molar-refractivity contribution in [1.29, 1.82) is 0 Å². The fraction of sp³-hybridized carbons (Fsp3) is 0.400. The van der Waals surface area contributed by atoms with Crippen molar-refractivity contribution in [3.63, 3.8) is 0 Å². The van der Waals surface area contributed by atoms with E-state index in [2.05, 4.69) is 26.7 Å². The van der Waals surface area contributed by atoms with Crippen molar-refractivity contribution in [2.45, 2.75) is 64.6 Å². The Hall–Kier alpha value is -4.05. The van der Waals surface area contributed by atoms with Gasteiger partial charge in [0.2, 0.25) is 5.95 Å². The third-order valence-corrected chi connectivity index (χ3v) is 6.21. The van der Waals surface area contributed by atoms with Crippen molar-refractivity contribution in [2.24, 2.45) is 0 Å². The van der Waals surface area contributed by atoms with Crippen molar-refractivity contribution in [3.8, 4) is 11.3 Å². The number of carboxylic acid groups (broad SMARTS) is 1. The quantitative estimate of drug-likeness (QED) is 0.221. The molecule has 0 bridgehead atoms. The number of ether oxygens (including phenoxy) is 2. The molecule has 1 amide bonds. The van der Waals surface area contributed by atoms with E-state index in [0.29, 0.717) is 37.3 Å². The van der Waals surface area contributed by atoms with Crippen molar-refractivity contribution < 1.29 is 28.6 Å². The largest absolute Gasteiger partial charge is 0.478 e. The number of hydrogen-bond donors (Lipinski definition) is 3. The number of rotatable bonds is 12. The Kier molecular flexibility index (Phi) is 9.31. The summed E-state index contributed by atoms with van der Waals surface area (Å²) in [5, 5.41) is 15.0. The molecule has 1 aliphatic rings. The monoisotopic (exact) mass is 550 g/mol. The number of aromatic nitrogens is 2. The lowest BCUT2D eigenvalue weighted by Gasteiger charge is -2.19.